The van der Waals surface area contributed by atoms with Crippen LogP contribution < -0.4 is 10.6 Å². The zero-order chi connectivity index (χ0) is 36.5. The van der Waals surface area contributed by atoms with Crippen LogP contribution in [0.3, 0.4) is 0 Å². The summed E-state index contributed by atoms with van der Waals surface area (Å²) < 4.78 is 6.00. The first-order chi connectivity index (χ1) is 25.3. The Kier molecular flexibility index (Phi) is 12.7. The fraction of sp³-hybridized carbons (Fsp3) is 0.523. The first-order valence-corrected chi connectivity index (χ1v) is 19.5. The number of benzene rings is 3. The Balaban J connectivity index is 0.990. The van der Waals surface area contributed by atoms with Gasteiger partial charge in [0.2, 0.25) is 0 Å². The van der Waals surface area contributed by atoms with Gasteiger partial charge < -0.3 is 20.5 Å². The SMILES string of the molecule is CC(C)C[C@H](NC(=O)NC1CCC(CCN2[C@@H]3CC[C@@H]2CC(OC(=O)C(CO)c2ccccc2)C3)CC1)C(C#N)(c1ccccc1)c1ccccc1. The summed E-state index contributed by atoms with van der Waals surface area (Å²) in [6, 6.07) is 32.2. The molecule has 8 nitrogen and oxygen atoms in total. The second-order valence-corrected chi connectivity index (χ2v) is 15.8. The molecule has 1 unspecified atom stereocenters. The van der Waals surface area contributed by atoms with Crippen LogP contribution >= 0.6 is 0 Å². The van der Waals surface area contributed by atoms with Gasteiger partial charge in [0.15, 0.2) is 0 Å². The summed E-state index contributed by atoms with van der Waals surface area (Å²) in [5.74, 6) is -0.0555. The minimum Gasteiger partial charge on any atom is -0.462 e. The number of aliphatic hydroxyl groups excluding tert-OH is 1. The summed E-state index contributed by atoms with van der Waals surface area (Å²) in [5.41, 5.74) is 1.53. The van der Waals surface area contributed by atoms with E-state index in [0.29, 0.717) is 24.4 Å². The van der Waals surface area contributed by atoms with Crippen LogP contribution in [0.5, 0.6) is 0 Å². The highest BCUT2D eigenvalue weighted by molar-refractivity contribution is 5.78. The van der Waals surface area contributed by atoms with E-state index in [2.05, 4.69) is 35.5 Å². The maximum Gasteiger partial charge on any atom is 0.316 e. The van der Waals surface area contributed by atoms with Crippen LogP contribution in [0.25, 0.3) is 0 Å². The highest BCUT2D eigenvalue weighted by atomic mass is 16.5. The number of fused-ring (bicyclic) bond motifs is 2. The molecule has 2 aliphatic heterocycles. The number of amides is 2. The van der Waals surface area contributed by atoms with E-state index in [-0.39, 0.29) is 36.7 Å². The number of nitriles is 1. The smallest absolute Gasteiger partial charge is 0.316 e. The van der Waals surface area contributed by atoms with E-state index in [1.54, 1.807) is 0 Å². The fourth-order valence-electron chi connectivity index (χ4n) is 9.24. The van der Waals surface area contributed by atoms with Crippen LogP contribution in [0.4, 0.5) is 4.79 Å². The van der Waals surface area contributed by atoms with Crippen LogP contribution in [0, 0.1) is 23.2 Å². The van der Waals surface area contributed by atoms with E-state index in [1.807, 2.05) is 91.0 Å². The van der Waals surface area contributed by atoms with Crippen molar-refractivity contribution < 1.29 is 19.4 Å². The lowest BCUT2D eigenvalue weighted by Gasteiger charge is -2.40. The van der Waals surface area contributed by atoms with Crippen LogP contribution in [-0.4, -0.2) is 65.4 Å². The summed E-state index contributed by atoms with van der Waals surface area (Å²) >= 11 is 0. The van der Waals surface area contributed by atoms with E-state index >= 15 is 0 Å². The van der Waals surface area contributed by atoms with Gasteiger partial charge in [-0.1, -0.05) is 105 Å². The van der Waals surface area contributed by atoms with E-state index in [1.165, 1.54) is 0 Å². The topological polar surface area (TPSA) is 115 Å². The number of nitrogens with one attached hydrogen (secondary N) is 2. The second-order valence-electron chi connectivity index (χ2n) is 15.8. The normalized spacial score (nSPS) is 24.4. The molecule has 2 heterocycles. The molecule has 0 aromatic heterocycles. The molecule has 2 bridgehead atoms. The zero-order valence-electron chi connectivity index (χ0n) is 30.8. The molecule has 0 radical (unpaired) electrons. The first kappa shape index (κ1) is 37.6. The Morgan fingerprint density at radius 3 is 1.94 bits per heavy atom. The zero-order valence-corrected chi connectivity index (χ0v) is 30.8. The molecule has 276 valence electrons. The van der Waals surface area contributed by atoms with Crippen molar-refractivity contribution in [2.75, 3.05) is 13.2 Å². The molecule has 2 amide bonds. The third-order valence-corrected chi connectivity index (χ3v) is 11.9. The van der Waals surface area contributed by atoms with Crippen molar-refractivity contribution in [1.82, 2.24) is 15.5 Å². The first-order valence-electron chi connectivity index (χ1n) is 19.5. The lowest BCUT2D eigenvalue weighted by molar-refractivity contribution is -0.155. The number of nitrogens with zero attached hydrogens (tertiary/aromatic N) is 2. The Morgan fingerprint density at radius 2 is 1.42 bits per heavy atom. The van der Waals surface area contributed by atoms with Crippen molar-refractivity contribution in [3.05, 3.63) is 108 Å². The minimum absolute atomic E-state index is 0.0921. The molecule has 2 saturated heterocycles. The van der Waals surface area contributed by atoms with Crippen molar-refractivity contribution in [2.24, 2.45) is 11.8 Å². The van der Waals surface area contributed by atoms with Crippen molar-refractivity contribution >= 4 is 12.0 Å². The highest BCUT2D eigenvalue weighted by Gasteiger charge is 2.45. The standard InChI is InChI=1S/C44H56N4O4/c1-31(2)26-41(44(30-45,34-14-8-4-9-15-34)35-16-10-5-11-17-35)47-43(51)46-36-20-18-32(19-21-36)24-25-48-37-22-23-38(48)28-39(27-37)52-42(50)40(29-49)33-12-6-3-7-13-33/h3-17,31-32,36-41,49H,18-29H2,1-2H3,(H2,46,47,51)/t32?,36?,37-,38-,40?,41+/m1/s1. The van der Waals surface area contributed by atoms with E-state index in [4.69, 9.17) is 4.74 Å². The number of hydrogen-bond acceptors (Lipinski definition) is 6. The summed E-state index contributed by atoms with van der Waals surface area (Å²) in [6.45, 7) is 5.08. The third kappa shape index (κ3) is 8.70. The molecule has 1 saturated carbocycles. The molecule has 3 N–H and O–H groups in total. The molecule has 3 aromatic rings. The maximum atomic E-state index is 13.7. The van der Waals surface area contributed by atoms with Gasteiger partial charge >= 0.3 is 12.0 Å². The fourth-order valence-corrected chi connectivity index (χ4v) is 9.24. The number of esters is 1. The number of urea groups is 1. The molecule has 3 fully saturated rings. The molecule has 0 spiro atoms. The Labute approximate surface area is 309 Å². The number of carbonyl (C=O) groups excluding carboxylic acids is 2. The number of hydrogen-bond donors (Lipinski definition) is 3. The van der Waals surface area contributed by atoms with Crippen molar-refractivity contribution in [2.45, 2.75) is 120 Å². The van der Waals surface area contributed by atoms with Gasteiger partial charge in [-0.3, -0.25) is 9.69 Å². The molecule has 3 aromatic carbocycles. The summed E-state index contributed by atoms with van der Waals surface area (Å²) in [4.78, 5) is 29.3. The van der Waals surface area contributed by atoms with Gasteiger partial charge in [-0.25, -0.2) is 4.79 Å². The van der Waals surface area contributed by atoms with E-state index in [0.717, 1.165) is 81.0 Å². The Morgan fingerprint density at radius 1 is 0.865 bits per heavy atom. The van der Waals surface area contributed by atoms with Gasteiger partial charge in [-0.15, -0.1) is 0 Å². The van der Waals surface area contributed by atoms with Crippen molar-refractivity contribution in [3.8, 4) is 6.07 Å². The number of rotatable bonds is 14. The average molecular weight is 705 g/mol. The minimum atomic E-state index is -1.03. The molecular formula is C44H56N4O4. The Hall–Kier alpha value is -4.19. The van der Waals surface area contributed by atoms with Gasteiger partial charge in [-0.2, -0.15) is 5.26 Å². The number of aliphatic hydroxyl groups is 1. The predicted molar refractivity (Wildman–Crippen MR) is 203 cm³/mol. The molecular weight excluding hydrogens is 649 g/mol. The lowest BCUT2D eigenvalue weighted by atomic mass is 9.68. The molecule has 1 aliphatic carbocycles. The van der Waals surface area contributed by atoms with Gasteiger partial charge in [-0.05, 0) is 86.4 Å². The molecule has 8 heteroatoms. The number of ether oxygens (including phenoxy) is 1. The predicted octanol–water partition coefficient (Wildman–Crippen LogP) is 7.47. The third-order valence-electron chi connectivity index (χ3n) is 11.9. The highest BCUT2D eigenvalue weighted by Crippen LogP contribution is 2.40. The average Bonchev–Trinajstić information content (AvgIpc) is 3.40. The molecule has 3 aliphatic rings. The number of carbonyl (C=O) groups is 2. The van der Waals surface area contributed by atoms with E-state index < -0.39 is 17.4 Å². The van der Waals surface area contributed by atoms with Crippen LogP contribution in [0.1, 0.15) is 101 Å². The monoisotopic (exact) mass is 704 g/mol. The van der Waals surface area contributed by atoms with Crippen molar-refractivity contribution in [1.29, 1.82) is 5.26 Å². The van der Waals surface area contributed by atoms with Crippen LogP contribution in [-0.2, 0) is 14.9 Å². The lowest BCUT2D eigenvalue weighted by Crippen LogP contribution is -2.55. The molecule has 52 heavy (non-hydrogen) atoms. The largest absolute Gasteiger partial charge is 0.462 e. The maximum absolute atomic E-state index is 13.7. The van der Waals surface area contributed by atoms with Gasteiger partial charge in [0.1, 0.15) is 17.4 Å². The second kappa shape index (κ2) is 17.6. The van der Waals surface area contributed by atoms with Crippen LogP contribution in [0.15, 0.2) is 91.0 Å². The quantitative estimate of drug-likeness (QED) is 0.150. The van der Waals surface area contributed by atoms with Gasteiger partial charge in [0.05, 0.1) is 18.7 Å². The Bertz CT molecular complexity index is 1570. The number of piperidine rings is 1. The van der Waals surface area contributed by atoms with Gasteiger partial charge in [0, 0.05) is 31.0 Å². The summed E-state index contributed by atoms with van der Waals surface area (Å²) in [6.07, 6.45) is 9.80. The summed E-state index contributed by atoms with van der Waals surface area (Å²) in [7, 11) is 0. The van der Waals surface area contributed by atoms with Crippen LogP contribution in [0.2, 0.25) is 0 Å². The van der Waals surface area contributed by atoms with Crippen molar-refractivity contribution in [3.63, 3.8) is 0 Å². The summed E-state index contributed by atoms with van der Waals surface area (Å²) in [5, 5.41) is 27.4. The molecule has 6 rings (SSSR count). The van der Waals surface area contributed by atoms with E-state index in [9.17, 15) is 20.0 Å². The molecule has 4 atom stereocenters. The van der Waals surface area contributed by atoms with Gasteiger partial charge in [0.25, 0.3) is 0 Å².